The van der Waals surface area contributed by atoms with E-state index in [-0.39, 0.29) is 11.9 Å². The second-order valence-corrected chi connectivity index (χ2v) is 9.71. The second kappa shape index (κ2) is 9.79. The molecule has 1 amide bonds. The number of nitrogens with zero attached hydrogens (tertiary/aromatic N) is 5. The molecule has 3 aliphatic rings. The molecule has 3 aromatic rings. The number of aliphatic hydroxyl groups excluding tert-OH is 1. The van der Waals surface area contributed by atoms with Gasteiger partial charge in [-0.3, -0.25) is 19.7 Å². The predicted octanol–water partition coefficient (Wildman–Crippen LogP) is 3.45. The van der Waals surface area contributed by atoms with Gasteiger partial charge in [0, 0.05) is 68.3 Å². The zero-order valence-electron chi connectivity index (χ0n) is 20.1. The number of carbonyl (C=O) groups is 1. The van der Waals surface area contributed by atoms with Crippen LogP contribution in [0.25, 0.3) is 16.5 Å². The molecule has 2 fully saturated rings. The molecule has 1 aromatic carbocycles. The highest BCUT2D eigenvalue weighted by atomic mass is 16.5. The first kappa shape index (κ1) is 22.8. The highest BCUT2D eigenvalue weighted by Gasteiger charge is 2.35. The van der Waals surface area contributed by atoms with Gasteiger partial charge in [0.1, 0.15) is 11.9 Å². The maximum absolute atomic E-state index is 12.1. The highest BCUT2D eigenvalue weighted by Crippen LogP contribution is 2.27. The lowest BCUT2D eigenvalue weighted by Crippen LogP contribution is -2.46. The number of likely N-dealkylation sites (tertiary alicyclic amines) is 2. The van der Waals surface area contributed by atoms with Gasteiger partial charge in [-0.2, -0.15) is 0 Å². The van der Waals surface area contributed by atoms with Crippen LogP contribution < -0.4 is 4.74 Å². The summed E-state index contributed by atoms with van der Waals surface area (Å²) in [6.07, 6.45) is 9.22. The molecular weight excluding hydrogens is 454 g/mol. The number of amides is 1. The summed E-state index contributed by atoms with van der Waals surface area (Å²) >= 11 is 0. The van der Waals surface area contributed by atoms with Gasteiger partial charge in [-0.25, -0.2) is 4.98 Å². The van der Waals surface area contributed by atoms with Gasteiger partial charge in [-0.15, -0.1) is 0 Å². The maximum atomic E-state index is 12.1. The van der Waals surface area contributed by atoms with E-state index >= 15 is 0 Å². The quantitative estimate of drug-likeness (QED) is 0.578. The van der Waals surface area contributed by atoms with E-state index in [1.165, 1.54) is 5.56 Å². The summed E-state index contributed by atoms with van der Waals surface area (Å²) in [5.74, 6) is 1.15. The molecule has 0 unspecified atom stereocenters. The van der Waals surface area contributed by atoms with Crippen LogP contribution in [-0.4, -0.2) is 75.3 Å². The van der Waals surface area contributed by atoms with Gasteiger partial charge in [0.05, 0.1) is 12.1 Å². The van der Waals surface area contributed by atoms with Gasteiger partial charge in [0.2, 0.25) is 5.88 Å². The number of benzene rings is 1. The molecule has 0 bridgehead atoms. The van der Waals surface area contributed by atoms with Crippen LogP contribution in [0, 0.1) is 0 Å². The molecule has 8 heteroatoms. The summed E-state index contributed by atoms with van der Waals surface area (Å²) in [6.45, 7) is 4.09. The third-order valence-electron chi connectivity index (χ3n) is 7.30. The monoisotopic (exact) mass is 483 g/mol. The number of allylic oxidation sites excluding steroid dienone is 1. The summed E-state index contributed by atoms with van der Waals surface area (Å²) in [6, 6.07) is 12.2. The average molecular weight is 484 g/mol. The van der Waals surface area contributed by atoms with Crippen LogP contribution in [0.15, 0.2) is 59.9 Å². The average Bonchev–Trinajstić information content (AvgIpc) is 3.56. The first-order chi connectivity index (χ1) is 17.6. The standard InChI is InChI=1S/C28H29N5O3/c34-26-8-12-33(28(26)35)23-6-10-32(11-7-23)18-19-13-20-1-3-24(14-25(20)30-15-19)36-27-4-2-21(17-31-27)22-5-9-29-16-22/h1-5,9,13-15,17,23,26,34H,6-8,10-12,16,18H2/t26-/m0/s1. The number of pyridine rings is 2. The van der Waals surface area contributed by atoms with Crippen LogP contribution >= 0.6 is 0 Å². The molecule has 2 saturated heterocycles. The number of fused-ring (bicyclic) bond motifs is 1. The number of aliphatic hydroxyl groups is 1. The van der Waals surface area contributed by atoms with Gasteiger partial charge < -0.3 is 14.7 Å². The fraction of sp³-hybridized carbons (Fsp3) is 0.357. The first-order valence-corrected chi connectivity index (χ1v) is 12.6. The number of aromatic nitrogens is 2. The van der Waals surface area contributed by atoms with E-state index in [0.717, 1.165) is 54.5 Å². The number of piperidine rings is 1. The van der Waals surface area contributed by atoms with E-state index < -0.39 is 6.10 Å². The van der Waals surface area contributed by atoms with Crippen molar-refractivity contribution >= 4 is 28.6 Å². The Morgan fingerprint density at radius 2 is 1.89 bits per heavy atom. The van der Waals surface area contributed by atoms with E-state index in [2.05, 4.69) is 25.9 Å². The Bertz CT molecular complexity index is 1330. The van der Waals surface area contributed by atoms with Crippen molar-refractivity contribution in [2.75, 3.05) is 26.2 Å². The van der Waals surface area contributed by atoms with Crippen LogP contribution in [0.4, 0.5) is 0 Å². The molecule has 8 nitrogen and oxygen atoms in total. The van der Waals surface area contributed by atoms with Crippen molar-refractivity contribution in [2.45, 2.75) is 38.0 Å². The number of rotatable bonds is 6. The summed E-state index contributed by atoms with van der Waals surface area (Å²) in [4.78, 5) is 29.8. The molecule has 0 spiro atoms. The third-order valence-corrected chi connectivity index (χ3v) is 7.30. The zero-order valence-corrected chi connectivity index (χ0v) is 20.1. The highest BCUT2D eigenvalue weighted by molar-refractivity contribution is 5.89. The van der Waals surface area contributed by atoms with Crippen molar-refractivity contribution in [3.63, 3.8) is 0 Å². The fourth-order valence-corrected chi connectivity index (χ4v) is 5.28. The van der Waals surface area contributed by atoms with Crippen molar-refractivity contribution in [2.24, 2.45) is 4.99 Å². The van der Waals surface area contributed by atoms with Crippen LogP contribution in [0.2, 0.25) is 0 Å². The minimum Gasteiger partial charge on any atom is -0.439 e. The third kappa shape index (κ3) is 4.74. The molecule has 6 rings (SSSR count). The molecule has 0 radical (unpaired) electrons. The summed E-state index contributed by atoms with van der Waals surface area (Å²) in [5.41, 5.74) is 4.27. The largest absolute Gasteiger partial charge is 0.439 e. The van der Waals surface area contributed by atoms with Crippen molar-refractivity contribution in [3.8, 4) is 11.6 Å². The van der Waals surface area contributed by atoms with Crippen LogP contribution in [0.3, 0.4) is 0 Å². The van der Waals surface area contributed by atoms with E-state index in [4.69, 9.17) is 4.74 Å². The van der Waals surface area contributed by atoms with Crippen molar-refractivity contribution in [1.29, 1.82) is 0 Å². The van der Waals surface area contributed by atoms with Gasteiger partial charge >= 0.3 is 0 Å². The summed E-state index contributed by atoms with van der Waals surface area (Å²) in [5, 5.41) is 10.8. The lowest BCUT2D eigenvalue weighted by Gasteiger charge is -2.36. The smallest absolute Gasteiger partial charge is 0.251 e. The Kier molecular flexibility index (Phi) is 6.21. The molecule has 3 aliphatic heterocycles. The van der Waals surface area contributed by atoms with Crippen LogP contribution in [0.5, 0.6) is 11.6 Å². The van der Waals surface area contributed by atoms with Crippen LogP contribution in [0.1, 0.15) is 30.4 Å². The normalized spacial score (nSPS) is 20.9. The molecule has 0 saturated carbocycles. The number of hydrogen-bond acceptors (Lipinski definition) is 7. The molecule has 36 heavy (non-hydrogen) atoms. The topological polar surface area (TPSA) is 91.2 Å². The molecule has 184 valence electrons. The molecule has 0 aliphatic carbocycles. The zero-order chi connectivity index (χ0) is 24.5. The SMILES string of the molecule is O=C1[C@@H](O)CCN1C1CCN(Cc2cnc3cc(Oc4ccc(C5=CC=NC5)cn4)ccc3c2)CC1. The second-order valence-electron chi connectivity index (χ2n) is 9.71. The number of ether oxygens (including phenoxy) is 1. The number of aliphatic imine (C=N–C) groups is 1. The minimum atomic E-state index is -0.801. The Labute approximate surface area is 209 Å². The van der Waals surface area contributed by atoms with Gasteiger partial charge in [0.15, 0.2) is 0 Å². The maximum Gasteiger partial charge on any atom is 0.251 e. The lowest BCUT2D eigenvalue weighted by molar-refractivity contribution is -0.137. The fourth-order valence-electron chi connectivity index (χ4n) is 5.28. The van der Waals surface area contributed by atoms with Crippen molar-refractivity contribution < 1.29 is 14.6 Å². The number of carbonyl (C=O) groups excluding carboxylic acids is 1. The molecule has 1 N–H and O–H groups in total. The van der Waals surface area contributed by atoms with Gasteiger partial charge in [0.25, 0.3) is 5.91 Å². The molecule has 1 atom stereocenters. The van der Waals surface area contributed by atoms with E-state index in [1.54, 1.807) is 0 Å². The Balaban J connectivity index is 1.06. The van der Waals surface area contributed by atoms with Gasteiger partial charge in [-0.05, 0) is 66.3 Å². The molecular formula is C28H29N5O3. The van der Waals surface area contributed by atoms with Crippen molar-refractivity contribution in [3.05, 3.63) is 66.0 Å². The summed E-state index contributed by atoms with van der Waals surface area (Å²) < 4.78 is 5.97. The lowest BCUT2D eigenvalue weighted by atomic mass is 10.0. The van der Waals surface area contributed by atoms with E-state index in [0.29, 0.717) is 31.1 Å². The Hall–Kier alpha value is -3.62. The van der Waals surface area contributed by atoms with E-state index in [9.17, 15) is 9.90 Å². The minimum absolute atomic E-state index is 0.0971. The predicted molar refractivity (Wildman–Crippen MR) is 138 cm³/mol. The summed E-state index contributed by atoms with van der Waals surface area (Å²) in [7, 11) is 0. The van der Waals surface area contributed by atoms with E-state index in [1.807, 2.05) is 59.9 Å². The Morgan fingerprint density at radius 3 is 2.61 bits per heavy atom. The molecule has 5 heterocycles. The van der Waals surface area contributed by atoms with Crippen LogP contribution in [-0.2, 0) is 11.3 Å². The van der Waals surface area contributed by atoms with Crippen molar-refractivity contribution in [1.82, 2.24) is 19.8 Å². The first-order valence-electron chi connectivity index (χ1n) is 12.6. The Morgan fingerprint density at radius 1 is 1.00 bits per heavy atom. The molecule has 2 aromatic heterocycles. The number of hydrogen-bond donors (Lipinski definition) is 1. The van der Waals surface area contributed by atoms with Gasteiger partial charge in [-0.1, -0.05) is 0 Å².